The smallest absolute Gasteiger partial charge is 0.251 e. The molecule has 0 bridgehead atoms. The fraction of sp³-hybridized carbons (Fsp3) is 0.276. The summed E-state index contributed by atoms with van der Waals surface area (Å²) >= 11 is 0. The molecule has 0 aliphatic carbocycles. The van der Waals surface area contributed by atoms with Gasteiger partial charge in [0.05, 0.1) is 12.6 Å². The SMILES string of the molecule is CC(C)N(CC(=O)[C@H](Cc1ccccc1)NC(=O)c1ccccc1)C(=O)CCc1ccccc1. The average molecular weight is 457 g/mol. The summed E-state index contributed by atoms with van der Waals surface area (Å²) in [6.45, 7) is 3.77. The van der Waals surface area contributed by atoms with Crippen LogP contribution < -0.4 is 5.32 Å². The van der Waals surface area contributed by atoms with Gasteiger partial charge in [-0.25, -0.2) is 0 Å². The summed E-state index contributed by atoms with van der Waals surface area (Å²) in [6, 6.07) is 27.4. The molecule has 0 radical (unpaired) electrons. The van der Waals surface area contributed by atoms with E-state index in [1.807, 2.05) is 80.6 Å². The van der Waals surface area contributed by atoms with Crippen LogP contribution in [0.5, 0.6) is 0 Å². The molecule has 3 rings (SSSR count). The minimum Gasteiger partial charge on any atom is -0.342 e. The highest BCUT2D eigenvalue weighted by Crippen LogP contribution is 2.11. The molecule has 1 atom stereocenters. The molecule has 5 heteroatoms. The van der Waals surface area contributed by atoms with Crippen LogP contribution in [0.25, 0.3) is 0 Å². The van der Waals surface area contributed by atoms with Crippen molar-refractivity contribution in [3.63, 3.8) is 0 Å². The summed E-state index contributed by atoms with van der Waals surface area (Å²) in [5.41, 5.74) is 2.52. The highest BCUT2D eigenvalue weighted by atomic mass is 16.2. The number of nitrogens with zero attached hydrogens (tertiary/aromatic N) is 1. The van der Waals surface area contributed by atoms with Crippen LogP contribution >= 0.6 is 0 Å². The molecule has 34 heavy (non-hydrogen) atoms. The lowest BCUT2D eigenvalue weighted by Gasteiger charge is -2.28. The zero-order valence-corrected chi connectivity index (χ0v) is 19.8. The Morgan fingerprint density at radius 2 is 1.29 bits per heavy atom. The molecule has 0 saturated carbocycles. The molecular formula is C29H32N2O3. The van der Waals surface area contributed by atoms with Crippen molar-refractivity contribution in [2.75, 3.05) is 6.54 Å². The van der Waals surface area contributed by atoms with Crippen molar-refractivity contribution in [2.24, 2.45) is 0 Å². The van der Waals surface area contributed by atoms with Crippen molar-refractivity contribution >= 4 is 17.6 Å². The number of rotatable bonds is 11. The Morgan fingerprint density at radius 1 is 0.765 bits per heavy atom. The molecule has 0 unspecified atom stereocenters. The van der Waals surface area contributed by atoms with Gasteiger partial charge >= 0.3 is 0 Å². The third-order valence-electron chi connectivity index (χ3n) is 5.75. The minimum atomic E-state index is -0.738. The Balaban J connectivity index is 1.72. The maximum absolute atomic E-state index is 13.4. The van der Waals surface area contributed by atoms with Crippen molar-refractivity contribution < 1.29 is 14.4 Å². The van der Waals surface area contributed by atoms with Crippen LogP contribution in [-0.4, -0.2) is 41.1 Å². The molecule has 0 aliphatic rings. The number of amides is 2. The molecule has 0 saturated heterocycles. The van der Waals surface area contributed by atoms with Crippen molar-refractivity contribution in [3.8, 4) is 0 Å². The zero-order chi connectivity index (χ0) is 24.3. The van der Waals surface area contributed by atoms with E-state index in [-0.39, 0.29) is 30.2 Å². The predicted octanol–water partition coefficient (Wildman–Crippen LogP) is 4.47. The Kier molecular flexibility index (Phi) is 9.15. The summed E-state index contributed by atoms with van der Waals surface area (Å²) in [5.74, 6) is -0.559. The van der Waals surface area contributed by atoms with E-state index in [4.69, 9.17) is 0 Å². The number of benzene rings is 3. The predicted molar refractivity (Wildman–Crippen MR) is 134 cm³/mol. The second-order valence-electron chi connectivity index (χ2n) is 8.65. The molecule has 2 amide bonds. The molecule has 3 aromatic rings. The first-order valence-corrected chi connectivity index (χ1v) is 11.7. The second-order valence-corrected chi connectivity index (χ2v) is 8.65. The van der Waals surface area contributed by atoms with E-state index < -0.39 is 6.04 Å². The van der Waals surface area contributed by atoms with Gasteiger partial charge in [0.1, 0.15) is 0 Å². The molecule has 0 aromatic heterocycles. The van der Waals surface area contributed by atoms with E-state index in [9.17, 15) is 14.4 Å². The third kappa shape index (κ3) is 7.41. The molecule has 0 heterocycles. The lowest BCUT2D eigenvalue weighted by Crippen LogP contribution is -2.49. The van der Waals surface area contributed by atoms with Gasteiger partial charge < -0.3 is 10.2 Å². The highest BCUT2D eigenvalue weighted by Gasteiger charge is 2.27. The topological polar surface area (TPSA) is 66.5 Å². The van der Waals surface area contributed by atoms with Gasteiger partial charge in [-0.2, -0.15) is 0 Å². The summed E-state index contributed by atoms with van der Waals surface area (Å²) in [6.07, 6.45) is 1.31. The Morgan fingerprint density at radius 3 is 1.85 bits per heavy atom. The average Bonchev–Trinajstić information content (AvgIpc) is 2.86. The Hall–Kier alpha value is -3.73. The summed E-state index contributed by atoms with van der Waals surface area (Å²) in [5, 5.41) is 2.90. The summed E-state index contributed by atoms with van der Waals surface area (Å²) in [7, 11) is 0. The van der Waals surface area contributed by atoms with Crippen molar-refractivity contribution in [2.45, 2.75) is 45.2 Å². The van der Waals surface area contributed by atoms with E-state index >= 15 is 0 Å². The van der Waals surface area contributed by atoms with Gasteiger partial charge in [-0.3, -0.25) is 14.4 Å². The van der Waals surface area contributed by atoms with E-state index in [0.29, 0.717) is 24.8 Å². The van der Waals surface area contributed by atoms with Gasteiger partial charge in [0.15, 0.2) is 5.78 Å². The van der Waals surface area contributed by atoms with Gasteiger partial charge in [0, 0.05) is 18.0 Å². The largest absolute Gasteiger partial charge is 0.342 e. The Labute approximate surface area is 201 Å². The van der Waals surface area contributed by atoms with E-state index in [1.54, 1.807) is 29.2 Å². The van der Waals surface area contributed by atoms with Gasteiger partial charge in [-0.05, 0) is 49.9 Å². The van der Waals surface area contributed by atoms with Gasteiger partial charge in [-0.15, -0.1) is 0 Å². The number of ketones is 1. The molecule has 176 valence electrons. The van der Waals surface area contributed by atoms with E-state index in [2.05, 4.69) is 5.32 Å². The lowest BCUT2D eigenvalue weighted by molar-refractivity contribution is -0.137. The number of hydrogen-bond donors (Lipinski definition) is 1. The number of Topliss-reactive ketones (excluding diaryl/α,β-unsaturated/α-hetero) is 1. The molecule has 0 fully saturated rings. The quantitative estimate of drug-likeness (QED) is 0.463. The van der Waals surface area contributed by atoms with Crippen LogP contribution in [0, 0.1) is 0 Å². The normalized spacial score (nSPS) is 11.6. The molecule has 0 aliphatic heterocycles. The standard InChI is InChI=1S/C29H32N2O3/c1-22(2)31(28(33)19-18-23-12-6-3-7-13-23)21-27(32)26(20-24-14-8-4-9-15-24)30-29(34)25-16-10-5-11-17-25/h3-17,22,26H,18-21H2,1-2H3,(H,30,34)/t26-/m0/s1. The molecule has 5 nitrogen and oxygen atoms in total. The second kappa shape index (κ2) is 12.5. The highest BCUT2D eigenvalue weighted by molar-refractivity contribution is 5.99. The first kappa shape index (κ1) is 24.9. The monoisotopic (exact) mass is 456 g/mol. The fourth-order valence-corrected chi connectivity index (χ4v) is 3.80. The maximum Gasteiger partial charge on any atom is 0.251 e. The first-order chi connectivity index (χ1) is 16.4. The summed E-state index contributed by atoms with van der Waals surface area (Å²) in [4.78, 5) is 40.8. The van der Waals surface area contributed by atoms with Crippen LogP contribution in [0.3, 0.4) is 0 Å². The number of aryl methyl sites for hydroxylation is 1. The van der Waals surface area contributed by atoms with Crippen LogP contribution in [0.1, 0.15) is 41.8 Å². The fourth-order valence-electron chi connectivity index (χ4n) is 3.80. The molecule has 0 spiro atoms. The lowest BCUT2D eigenvalue weighted by atomic mass is 10.0. The Bertz CT molecular complexity index is 1070. The van der Waals surface area contributed by atoms with Crippen LogP contribution in [-0.2, 0) is 22.4 Å². The van der Waals surface area contributed by atoms with Gasteiger partial charge in [0.2, 0.25) is 5.91 Å². The van der Waals surface area contributed by atoms with E-state index in [0.717, 1.165) is 11.1 Å². The molecular weight excluding hydrogens is 424 g/mol. The van der Waals surface area contributed by atoms with Gasteiger partial charge in [0.25, 0.3) is 5.91 Å². The minimum absolute atomic E-state index is 0.0438. The maximum atomic E-state index is 13.4. The third-order valence-corrected chi connectivity index (χ3v) is 5.75. The van der Waals surface area contributed by atoms with Crippen molar-refractivity contribution in [1.29, 1.82) is 0 Å². The zero-order valence-electron chi connectivity index (χ0n) is 19.8. The van der Waals surface area contributed by atoms with Crippen molar-refractivity contribution in [3.05, 3.63) is 108 Å². The van der Waals surface area contributed by atoms with Gasteiger partial charge in [-0.1, -0.05) is 78.9 Å². The number of carbonyl (C=O) groups is 3. The van der Waals surface area contributed by atoms with Crippen LogP contribution in [0.15, 0.2) is 91.0 Å². The van der Waals surface area contributed by atoms with Crippen molar-refractivity contribution in [1.82, 2.24) is 10.2 Å². The number of carbonyl (C=O) groups excluding carboxylic acids is 3. The molecule has 1 N–H and O–H groups in total. The number of nitrogens with one attached hydrogen (secondary N) is 1. The van der Waals surface area contributed by atoms with Crippen LogP contribution in [0.4, 0.5) is 0 Å². The van der Waals surface area contributed by atoms with Crippen LogP contribution in [0.2, 0.25) is 0 Å². The van der Waals surface area contributed by atoms with E-state index in [1.165, 1.54) is 0 Å². The first-order valence-electron chi connectivity index (χ1n) is 11.7. The molecule has 3 aromatic carbocycles. The summed E-state index contributed by atoms with van der Waals surface area (Å²) < 4.78 is 0. The number of hydrogen-bond acceptors (Lipinski definition) is 3.